The van der Waals surface area contributed by atoms with Crippen molar-refractivity contribution in [2.45, 2.75) is 6.17 Å². The van der Waals surface area contributed by atoms with Crippen molar-refractivity contribution in [2.75, 3.05) is 24.4 Å². The fourth-order valence-corrected chi connectivity index (χ4v) is 3.41. The number of para-hydroxylation sites is 2. The monoisotopic (exact) mass is 378 g/mol. The molecule has 6 heteroatoms. The molecule has 28 heavy (non-hydrogen) atoms. The van der Waals surface area contributed by atoms with Gasteiger partial charge in [0.05, 0.1) is 25.5 Å². The maximum Gasteiger partial charge on any atom is 0.262 e. The van der Waals surface area contributed by atoms with Crippen LogP contribution in [-0.2, 0) is 0 Å². The van der Waals surface area contributed by atoms with Crippen molar-refractivity contribution in [1.82, 2.24) is 0 Å². The summed E-state index contributed by atoms with van der Waals surface area (Å²) >= 11 is 0. The van der Waals surface area contributed by atoms with Gasteiger partial charge in [0.2, 0.25) is 0 Å². The van der Waals surface area contributed by atoms with Crippen LogP contribution in [-0.4, -0.2) is 20.1 Å². The second-order valence-electron chi connectivity index (χ2n) is 6.33. The molecule has 0 saturated heterocycles. The molecular weight excluding hydrogens is 359 g/mol. The minimum absolute atomic E-state index is 0.192. The Hall–Kier alpha value is -3.54. The number of ether oxygens (including phenoxy) is 2. The zero-order chi connectivity index (χ0) is 19.7. The first kappa shape index (κ1) is 17.9. The second kappa shape index (κ2) is 7.23. The van der Waals surface area contributed by atoms with E-state index in [1.54, 1.807) is 56.7 Å². The number of rotatable bonds is 4. The molecular formula is C22H19FN2O3. The number of hydrogen-bond donors (Lipinski definition) is 1. The first-order chi connectivity index (χ1) is 13.6. The Bertz CT molecular complexity index is 1040. The third-order valence-corrected chi connectivity index (χ3v) is 4.77. The molecule has 0 aromatic heterocycles. The van der Waals surface area contributed by atoms with Gasteiger partial charge in [0, 0.05) is 17.3 Å². The Morgan fingerprint density at radius 2 is 1.71 bits per heavy atom. The molecule has 0 fully saturated rings. The predicted octanol–water partition coefficient (Wildman–Crippen LogP) is 4.61. The fourth-order valence-electron chi connectivity index (χ4n) is 3.41. The van der Waals surface area contributed by atoms with Crippen LogP contribution in [0.3, 0.4) is 0 Å². The lowest BCUT2D eigenvalue weighted by Gasteiger charge is -2.38. The summed E-state index contributed by atoms with van der Waals surface area (Å²) < 4.78 is 25.4. The highest BCUT2D eigenvalue weighted by molar-refractivity contribution is 6.12. The lowest BCUT2D eigenvalue weighted by Crippen LogP contribution is -2.43. The predicted molar refractivity (Wildman–Crippen MR) is 106 cm³/mol. The number of anilines is 2. The van der Waals surface area contributed by atoms with E-state index in [0.717, 1.165) is 0 Å². The van der Waals surface area contributed by atoms with Gasteiger partial charge in [-0.25, -0.2) is 4.39 Å². The molecule has 0 aliphatic carbocycles. The van der Waals surface area contributed by atoms with Crippen LogP contribution in [0.25, 0.3) is 0 Å². The molecule has 0 unspecified atom stereocenters. The van der Waals surface area contributed by atoms with E-state index in [0.29, 0.717) is 28.3 Å². The number of methoxy groups -OCH3 is 2. The zero-order valence-electron chi connectivity index (χ0n) is 15.5. The summed E-state index contributed by atoms with van der Waals surface area (Å²) in [5, 5.41) is 3.35. The summed E-state index contributed by atoms with van der Waals surface area (Å²) in [5.41, 5.74) is 2.05. The van der Waals surface area contributed by atoms with Crippen molar-refractivity contribution in [3.05, 3.63) is 83.7 Å². The maximum atomic E-state index is 14.6. The van der Waals surface area contributed by atoms with E-state index in [4.69, 9.17) is 9.47 Å². The van der Waals surface area contributed by atoms with Gasteiger partial charge in [-0.05, 0) is 36.4 Å². The summed E-state index contributed by atoms with van der Waals surface area (Å²) in [7, 11) is 3.11. The van der Waals surface area contributed by atoms with E-state index >= 15 is 0 Å². The zero-order valence-corrected chi connectivity index (χ0v) is 15.5. The number of benzene rings is 3. The van der Waals surface area contributed by atoms with Gasteiger partial charge >= 0.3 is 0 Å². The molecule has 0 radical (unpaired) electrons. The fraction of sp³-hybridized carbons (Fsp3) is 0.136. The summed E-state index contributed by atoms with van der Waals surface area (Å²) in [6.45, 7) is 0. The minimum atomic E-state index is -0.653. The van der Waals surface area contributed by atoms with E-state index in [9.17, 15) is 9.18 Å². The van der Waals surface area contributed by atoms with Gasteiger partial charge in [0.25, 0.3) is 5.91 Å². The molecule has 4 rings (SSSR count). The van der Waals surface area contributed by atoms with E-state index < -0.39 is 12.0 Å². The van der Waals surface area contributed by atoms with Crippen LogP contribution in [0.1, 0.15) is 22.1 Å². The molecule has 1 N–H and O–H groups in total. The van der Waals surface area contributed by atoms with Crippen LogP contribution in [0.4, 0.5) is 15.8 Å². The highest BCUT2D eigenvalue weighted by atomic mass is 19.1. The number of halogens is 1. The first-order valence-corrected chi connectivity index (χ1v) is 8.79. The van der Waals surface area contributed by atoms with Gasteiger partial charge in [-0.1, -0.05) is 24.3 Å². The number of nitrogens with one attached hydrogen (secondary N) is 1. The molecule has 1 amide bonds. The van der Waals surface area contributed by atoms with Crippen molar-refractivity contribution in [3.63, 3.8) is 0 Å². The minimum Gasteiger partial charge on any atom is -0.497 e. The van der Waals surface area contributed by atoms with Crippen molar-refractivity contribution >= 4 is 17.3 Å². The summed E-state index contributed by atoms with van der Waals surface area (Å²) in [4.78, 5) is 14.7. The van der Waals surface area contributed by atoms with Crippen molar-refractivity contribution < 1.29 is 18.7 Å². The molecule has 3 aromatic rings. The number of fused-ring (bicyclic) bond motifs is 1. The van der Waals surface area contributed by atoms with Crippen LogP contribution in [0.15, 0.2) is 66.7 Å². The van der Waals surface area contributed by atoms with Gasteiger partial charge in [0.1, 0.15) is 23.5 Å². The van der Waals surface area contributed by atoms with Gasteiger partial charge in [-0.3, -0.25) is 9.69 Å². The topological polar surface area (TPSA) is 50.8 Å². The molecule has 0 spiro atoms. The Morgan fingerprint density at radius 3 is 2.46 bits per heavy atom. The molecule has 1 atom stereocenters. The van der Waals surface area contributed by atoms with Gasteiger partial charge in [-0.2, -0.15) is 0 Å². The molecule has 1 heterocycles. The average Bonchev–Trinajstić information content (AvgIpc) is 2.74. The highest BCUT2D eigenvalue weighted by Gasteiger charge is 2.36. The Labute approximate surface area is 162 Å². The molecule has 3 aromatic carbocycles. The third-order valence-electron chi connectivity index (χ3n) is 4.77. The standard InChI is InChI=1S/C22H19FN2O3/c1-27-14-11-12-16(20(13-14)28-2)21-24-18-9-5-3-7-15(18)22(26)25(21)19-10-6-4-8-17(19)23/h3-13,21,24H,1-2H3/t21-/m0/s1. The highest BCUT2D eigenvalue weighted by Crippen LogP contribution is 2.41. The SMILES string of the molecule is COc1ccc([C@H]2Nc3ccccc3C(=O)N2c2ccccc2F)c(OC)c1. The van der Waals surface area contributed by atoms with Crippen LogP contribution in [0, 0.1) is 5.82 Å². The number of hydrogen-bond acceptors (Lipinski definition) is 4. The van der Waals surface area contributed by atoms with Crippen LogP contribution in [0.5, 0.6) is 11.5 Å². The number of amides is 1. The molecule has 142 valence electrons. The normalized spacial score (nSPS) is 15.6. The number of carbonyl (C=O) groups is 1. The first-order valence-electron chi connectivity index (χ1n) is 8.79. The van der Waals surface area contributed by atoms with E-state index in [1.807, 2.05) is 18.2 Å². The third kappa shape index (κ3) is 2.93. The number of nitrogens with zero attached hydrogens (tertiary/aromatic N) is 1. The van der Waals surface area contributed by atoms with Crippen molar-refractivity contribution in [3.8, 4) is 11.5 Å². The van der Waals surface area contributed by atoms with Crippen LogP contribution >= 0.6 is 0 Å². The van der Waals surface area contributed by atoms with Gasteiger partial charge in [0.15, 0.2) is 0 Å². The molecule has 1 aliphatic rings. The molecule has 1 aliphatic heterocycles. The van der Waals surface area contributed by atoms with Gasteiger partial charge < -0.3 is 14.8 Å². The van der Waals surface area contributed by atoms with Gasteiger partial charge in [-0.15, -0.1) is 0 Å². The largest absolute Gasteiger partial charge is 0.497 e. The Balaban J connectivity index is 1.91. The number of carbonyl (C=O) groups excluding carboxylic acids is 1. The summed E-state index contributed by atoms with van der Waals surface area (Å²) in [6, 6.07) is 18.7. The Morgan fingerprint density at radius 1 is 0.964 bits per heavy atom. The molecule has 0 bridgehead atoms. The average molecular weight is 378 g/mol. The van der Waals surface area contributed by atoms with E-state index in [2.05, 4.69) is 5.32 Å². The summed E-state index contributed by atoms with van der Waals surface area (Å²) in [5.74, 6) is 0.391. The van der Waals surface area contributed by atoms with Crippen LogP contribution in [0.2, 0.25) is 0 Å². The Kier molecular flexibility index (Phi) is 4.61. The maximum absolute atomic E-state index is 14.6. The van der Waals surface area contributed by atoms with Crippen molar-refractivity contribution in [1.29, 1.82) is 0 Å². The lowest BCUT2D eigenvalue weighted by molar-refractivity contribution is 0.0973. The smallest absolute Gasteiger partial charge is 0.262 e. The van der Waals surface area contributed by atoms with Crippen molar-refractivity contribution in [2.24, 2.45) is 0 Å². The lowest BCUT2D eigenvalue weighted by atomic mass is 10.0. The van der Waals surface area contributed by atoms with E-state index in [-0.39, 0.29) is 11.6 Å². The summed E-state index contributed by atoms with van der Waals surface area (Å²) in [6.07, 6.45) is -0.653. The molecule has 0 saturated carbocycles. The quantitative estimate of drug-likeness (QED) is 0.720. The van der Waals surface area contributed by atoms with E-state index in [1.165, 1.54) is 11.0 Å². The second-order valence-corrected chi connectivity index (χ2v) is 6.33. The molecule has 5 nitrogen and oxygen atoms in total. The van der Waals surface area contributed by atoms with Crippen LogP contribution < -0.4 is 19.7 Å².